The molecule has 0 aliphatic carbocycles. The molecule has 1 amide bonds. The third kappa shape index (κ3) is 2.89. The van der Waals surface area contributed by atoms with Crippen LogP contribution in [0, 0.1) is 5.92 Å². The Hall–Kier alpha value is -1.43. The summed E-state index contributed by atoms with van der Waals surface area (Å²) >= 11 is 0. The molecule has 2 aliphatic rings. The Morgan fingerprint density at radius 3 is 2.68 bits per heavy atom. The summed E-state index contributed by atoms with van der Waals surface area (Å²) in [5.41, 5.74) is 1.27. The summed E-state index contributed by atoms with van der Waals surface area (Å²) in [6.45, 7) is 0.578. The molecule has 0 radical (unpaired) electrons. The van der Waals surface area contributed by atoms with Gasteiger partial charge in [-0.05, 0) is 31.4 Å². The number of fused-ring (bicyclic) bond motifs is 1. The monoisotopic (exact) mass is 304 g/mol. The van der Waals surface area contributed by atoms with Crippen LogP contribution in [0.4, 0.5) is 0 Å². The molecule has 0 spiro atoms. The number of nitrogens with one attached hydrogen (secondary N) is 1. The molecule has 2 fully saturated rings. The van der Waals surface area contributed by atoms with Gasteiger partial charge >= 0.3 is 0 Å². The number of aliphatic hydroxyl groups is 2. The summed E-state index contributed by atoms with van der Waals surface area (Å²) in [6.07, 6.45) is 2.98. The first-order chi connectivity index (χ1) is 10.7. The van der Waals surface area contributed by atoms with E-state index in [1.54, 1.807) is 0 Å². The summed E-state index contributed by atoms with van der Waals surface area (Å²) in [5.74, 6) is -0.100. The van der Waals surface area contributed by atoms with Crippen LogP contribution in [0.3, 0.4) is 0 Å². The van der Waals surface area contributed by atoms with Gasteiger partial charge in [0.1, 0.15) is 0 Å². The van der Waals surface area contributed by atoms with Crippen molar-refractivity contribution in [3.8, 4) is 0 Å². The van der Waals surface area contributed by atoms with Gasteiger partial charge in [-0.3, -0.25) is 9.69 Å². The molecule has 2 heterocycles. The number of rotatable bonds is 5. The maximum Gasteiger partial charge on any atom is 0.225 e. The minimum absolute atomic E-state index is 0.0385. The second kappa shape index (κ2) is 6.77. The predicted octanol–water partition coefficient (Wildman–Crippen LogP) is 0.681. The first-order valence-electron chi connectivity index (χ1n) is 8.07. The van der Waals surface area contributed by atoms with Crippen molar-refractivity contribution in [2.45, 2.75) is 37.4 Å². The average molecular weight is 304 g/mol. The Morgan fingerprint density at radius 1 is 1.27 bits per heavy atom. The standard InChI is InChI=1S/C17H24N2O3/c20-10-13(11-21)18-17(22)14-9-16(12-5-2-1-3-6-12)19-8-4-7-15(14)19/h1-3,5-6,13-16,20-21H,4,7-11H2,(H,18,22)/t14-,15+,16-/m1/s1. The van der Waals surface area contributed by atoms with Crippen molar-refractivity contribution in [2.75, 3.05) is 19.8 Å². The summed E-state index contributed by atoms with van der Waals surface area (Å²) in [7, 11) is 0. The number of aliphatic hydroxyl groups excluding tert-OH is 2. The van der Waals surface area contributed by atoms with E-state index in [4.69, 9.17) is 10.2 Å². The maximum atomic E-state index is 12.5. The molecular formula is C17H24N2O3. The van der Waals surface area contributed by atoms with Crippen molar-refractivity contribution in [2.24, 2.45) is 5.92 Å². The first kappa shape index (κ1) is 15.5. The first-order valence-corrected chi connectivity index (χ1v) is 8.07. The van der Waals surface area contributed by atoms with Gasteiger partial charge in [0.15, 0.2) is 0 Å². The van der Waals surface area contributed by atoms with E-state index < -0.39 is 6.04 Å². The zero-order valence-electron chi connectivity index (χ0n) is 12.7. The number of carbonyl (C=O) groups is 1. The Bertz CT molecular complexity index is 504. The van der Waals surface area contributed by atoms with E-state index in [0.29, 0.717) is 6.04 Å². The number of hydrogen-bond donors (Lipinski definition) is 3. The molecule has 5 heteroatoms. The fourth-order valence-electron chi connectivity index (χ4n) is 3.91. The van der Waals surface area contributed by atoms with Crippen LogP contribution in [0.25, 0.3) is 0 Å². The van der Waals surface area contributed by atoms with Crippen LogP contribution in [0.1, 0.15) is 30.9 Å². The van der Waals surface area contributed by atoms with E-state index in [1.807, 2.05) is 18.2 Å². The largest absolute Gasteiger partial charge is 0.394 e. The smallest absolute Gasteiger partial charge is 0.225 e. The van der Waals surface area contributed by atoms with E-state index >= 15 is 0 Å². The lowest BCUT2D eigenvalue weighted by molar-refractivity contribution is -0.127. The highest BCUT2D eigenvalue weighted by Gasteiger charge is 2.47. The molecule has 0 saturated carbocycles. The fourth-order valence-corrected chi connectivity index (χ4v) is 3.91. The van der Waals surface area contributed by atoms with Crippen LogP contribution in [-0.2, 0) is 4.79 Å². The van der Waals surface area contributed by atoms with Crippen molar-refractivity contribution in [3.63, 3.8) is 0 Å². The van der Waals surface area contributed by atoms with Crippen LogP contribution in [0.2, 0.25) is 0 Å². The fraction of sp³-hybridized carbons (Fsp3) is 0.588. The molecule has 120 valence electrons. The lowest BCUT2D eigenvalue weighted by Crippen LogP contribution is -2.45. The Labute approximate surface area is 130 Å². The molecule has 3 rings (SSSR count). The molecule has 0 unspecified atom stereocenters. The van der Waals surface area contributed by atoms with Gasteiger partial charge in [-0.15, -0.1) is 0 Å². The zero-order valence-corrected chi connectivity index (χ0v) is 12.7. The summed E-state index contributed by atoms with van der Waals surface area (Å²) in [6, 6.07) is 10.4. The van der Waals surface area contributed by atoms with Gasteiger partial charge in [0.25, 0.3) is 0 Å². The molecule has 2 aliphatic heterocycles. The SMILES string of the molecule is O=C(NC(CO)CO)[C@@H]1C[C@H](c2ccccc2)N2CCC[C@@H]12. The molecule has 0 aromatic heterocycles. The second-order valence-electron chi connectivity index (χ2n) is 6.29. The van der Waals surface area contributed by atoms with Gasteiger partial charge in [0.05, 0.1) is 25.2 Å². The minimum Gasteiger partial charge on any atom is -0.394 e. The highest BCUT2D eigenvalue weighted by Crippen LogP contribution is 2.44. The van der Waals surface area contributed by atoms with Crippen LogP contribution >= 0.6 is 0 Å². The predicted molar refractivity (Wildman–Crippen MR) is 83.1 cm³/mol. The molecule has 2 saturated heterocycles. The number of benzene rings is 1. The summed E-state index contributed by atoms with van der Waals surface area (Å²) in [4.78, 5) is 15.0. The van der Waals surface area contributed by atoms with Crippen LogP contribution < -0.4 is 5.32 Å². The summed E-state index contributed by atoms with van der Waals surface area (Å²) in [5, 5.41) is 21.1. The van der Waals surface area contributed by atoms with E-state index in [9.17, 15) is 4.79 Å². The highest BCUT2D eigenvalue weighted by molar-refractivity contribution is 5.80. The van der Waals surface area contributed by atoms with Gasteiger partial charge in [-0.2, -0.15) is 0 Å². The normalized spacial score (nSPS) is 28.0. The minimum atomic E-state index is -0.557. The molecular weight excluding hydrogens is 280 g/mol. The van der Waals surface area contributed by atoms with Crippen molar-refractivity contribution in [1.29, 1.82) is 0 Å². The topological polar surface area (TPSA) is 72.8 Å². The van der Waals surface area contributed by atoms with Crippen LogP contribution in [-0.4, -0.2) is 52.9 Å². The molecule has 1 aromatic rings. The molecule has 1 aromatic carbocycles. The zero-order chi connectivity index (χ0) is 15.5. The van der Waals surface area contributed by atoms with Crippen LogP contribution in [0.5, 0.6) is 0 Å². The van der Waals surface area contributed by atoms with Crippen molar-refractivity contribution in [1.82, 2.24) is 10.2 Å². The van der Waals surface area contributed by atoms with Crippen molar-refractivity contribution < 1.29 is 15.0 Å². The Balaban J connectivity index is 1.75. The molecule has 0 bridgehead atoms. The molecule has 5 nitrogen and oxygen atoms in total. The number of amides is 1. The third-order valence-electron chi connectivity index (χ3n) is 4.99. The van der Waals surface area contributed by atoms with Gasteiger partial charge in [-0.25, -0.2) is 0 Å². The van der Waals surface area contributed by atoms with E-state index in [0.717, 1.165) is 25.8 Å². The van der Waals surface area contributed by atoms with Gasteiger partial charge < -0.3 is 15.5 Å². The van der Waals surface area contributed by atoms with E-state index in [-0.39, 0.29) is 31.1 Å². The van der Waals surface area contributed by atoms with Crippen molar-refractivity contribution >= 4 is 5.91 Å². The second-order valence-corrected chi connectivity index (χ2v) is 6.29. The quantitative estimate of drug-likeness (QED) is 0.748. The maximum absolute atomic E-state index is 12.5. The van der Waals surface area contributed by atoms with E-state index in [2.05, 4.69) is 22.3 Å². The Kier molecular flexibility index (Phi) is 4.76. The lowest BCUT2D eigenvalue weighted by atomic mass is 9.93. The average Bonchev–Trinajstić information content (AvgIpc) is 3.15. The van der Waals surface area contributed by atoms with E-state index in [1.165, 1.54) is 5.56 Å². The third-order valence-corrected chi connectivity index (χ3v) is 4.99. The number of nitrogens with zero attached hydrogens (tertiary/aromatic N) is 1. The summed E-state index contributed by atoms with van der Waals surface area (Å²) < 4.78 is 0. The number of hydrogen-bond acceptors (Lipinski definition) is 4. The highest BCUT2D eigenvalue weighted by atomic mass is 16.3. The molecule has 3 N–H and O–H groups in total. The van der Waals surface area contributed by atoms with Gasteiger partial charge in [0, 0.05) is 12.1 Å². The van der Waals surface area contributed by atoms with Crippen molar-refractivity contribution in [3.05, 3.63) is 35.9 Å². The van der Waals surface area contributed by atoms with Gasteiger partial charge in [0.2, 0.25) is 5.91 Å². The molecule has 22 heavy (non-hydrogen) atoms. The number of carbonyl (C=O) groups excluding carboxylic acids is 1. The lowest BCUT2D eigenvalue weighted by Gasteiger charge is -2.24. The van der Waals surface area contributed by atoms with Crippen LogP contribution in [0.15, 0.2) is 30.3 Å². The van der Waals surface area contributed by atoms with Gasteiger partial charge in [-0.1, -0.05) is 30.3 Å². The Morgan fingerprint density at radius 2 is 2.00 bits per heavy atom. The molecule has 3 atom stereocenters.